The quantitative estimate of drug-likeness (QED) is 0.745. The van der Waals surface area contributed by atoms with E-state index in [2.05, 4.69) is 4.98 Å². The molecule has 0 atom stereocenters. The lowest BCUT2D eigenvalue weighted by molar-refractivity contribution is 0.201. The Morgan fingerprint density at radius 3 is 2.40 bits per heavy atom. The van der Waals surface area contributed by atoms with Crippen LogP contribution in [0.3, 0.4) is 0 Å². The lowest BCUT2D eigenvalue weighted by Crippen LogP contribution is -1.95. The third kappa shape index (κ3) is 13.0. The van der Waals surface area contributed by atoms with E-state index in [-0.39, 0.29) is 0 Å². The molecule has 1 rings (SSSR count). The van der Waals surface area contributed by atoms with Crippen molar-refractivity contribution in [1.29, 1.82) is 0 Å². The van der Waals surface area contributed by atoms with Crippen LogP contribution in [0.25, 0.3) is 0 Å². The van der Waals surface area contributed by atoms with Crippen molar-refractivity contribution in [3.05, 3.63) is 30.1 Å². The Morgan fingerprint density at radius 1 is 1.40 bits per heavy atom. The third-order valence-corrected chi connectivity index (χ3v) is 1.29. The van der Waals surface area contributed by atoms with Gasteiger partial charge < -0.3 is 4.74 Å². The fourth-order valence-electron chi connectivity index (χ4n) is 0.753. The third-order valence-electron chi connectivity index (χ3n) is 1.29. The van der Waals surface area contributed by atoms with Crippen molar-refractivity contribution in [1.82, 2.24) is 4.98 Å². The molecule has 1 aromatic heterocycles. The molecule has 0 aliphatic rings. The lowest BCUT2D eigenvalue weighted by atomic mass is 10.3. The summed E-state index contributed by atoms with van der Waals surface area (Å²) in [5.41, 5.74) is 1.09. The molecule has 0 aliphatic carbocycles. The van der Waals surface area contributed by atoms with Crippen LogP contribution in [0.2, 0.25) is 0 Å². The minimum Gasteiger partial charge on any atom is -0.384 e. The van der Waals surface area contributed by atoms with Crippen LogP contribution in [0.15, 0.2) is 24.4 Å². The summed E-state index contributed by atoms with van der Waals surface area (Å²) in [7, 11) is -2.97. The number of hydrogen-bond acceptors (Lipinski definition) is 4. The molecule has 6 nitrogen and oxygen atoms in total. The number of hydrogen-bond donors (Lipinski definition) is 2. The Bertz CT molecular complexity index is 343. The predicted molar refractivity (Wildman–Crippen MR) is 54.0 cm³/mol. The average Bonchev–Trinajstić information content (AvgIpc) is 2.14. The van der Waals surface area contributed by atoms with Gasteiger partial charge in [0, 0.05) is 25.4 Å². The number of aromatic nitrogens is 1. The van der Waals surface area contributed by atoms with Crippen molar-refractivity contribution >= 4 is 10.4 Å². The fraction of sp³-hybridized carbons (Fsp3) is 0.375. The highest BCUT2D eigenvalue weighted by Crippen LogP contribution is 1.93. The molecule has 15 heavy (non-hydrogen) atoms. The van der Waals surface area contributed by atoms with Crippen LogP contribution in [-0.2, 0) is 21.6 Å². The molecular formula is C8H13NO5S. The topological polar surface area (TPSA) is 96.7 Å². The maximum atomic E-state index is 8.74. The monoisotopic (exact) mass is 235 g/mol. The SMILES string of the molecule is COCCc1ccccn1.O=S(=O)(O)O. The molecule has 0 amide bonds. The largest absolute Gasteiger partial charge is 0.394 e. The minimum atomic E-state index is -4.67. The Hall–Kier alpha value is -1.02. The number of rotatable bonds is 3. The Morgan fingerprint density at radius 2 is 2.00 bits per heavy atom. The van der Waals surface area contributed by atoms with Gasteiger partial charge in [-0.25, -0.2) is 0 Å². The first-order valence-electron chi connectivity index (χ1n) is 4.02. The highest BCUT2D eigenvalue weighted by atomic mass is 32.3. The number of methoxy groups -OCH3 is 1. The summed E-state index contributed by atoms with van der Waals surface area (Å²) >= 11 is 0. The predicted octanol–water partition coefficient (Wildman–Crippen LogP) is 0.618. The molecule has 0 bridgehead atoms. The molecular weight excluding hydrogens is 222 g/mol. The Balaban J connectivity index is 0.000000336. The fourth-order valence-corrected chi connectivity index (χ4v) is 0.753. The molecule has 0 saturated carbocycles. The van der Waals surface area contributed by atoms with Gasteiger partial charge in [-0.3, -0.25) is 14.1 Å². The zero-order valence-electron chi connectivity index (χ0n) is 8.20. The molecule has 0 saturated heterocycles. The van der Waals surface area contributed by atoms with Gasteiger partial charge in [-0.15, -0.1) is 0 Å². The summed E-state index contributed by atoms with van der Waals surface area (Å²) in [5, 5.41) is 0. The first-order valence-corrected chi connectivity index (χ1v) is 5.42. The van der Waals surface area contributed by atoms with E-state index in [1.54, 1.807) is 13.3 Å². The van der Waals surface area contributed by atoms with Gasteiger partial charge in [0.05, 0.1) is 6.61 Å². The summed E-state index contributed by atoms with van der Waals surface area (Å²) in [6.45, 7) is 0.747. The van der Waals surface area contributed by atoms with E-state index in [0.29, 0.717) is 0 Å². The minimum absolute atomic E-state index is 0.747. The standard InChI is InChI=1S/C8H11NO.H2O4S/c1-10-7-5-8-4-2-3-6-9-8;1-5(2,3)4/h2-4,6H,5,7H2,1H3;(H2,1,2,3,4). The second kappa shape index (κ2) is 7.30. The summed E-state index contributed by atoms with van der Waals surface area (Å²) in [4.78, 5) is 4.14. The number of ether oxygens (including phenoxy) is 1. The highest BCUT2D eigenvalue weighted by molar-refractivity contribution is 7.79. The van der Waals surface area contributed by atoms with Crippen LogP contribution < -0.4 is 0 Å². The summed E-state index contributed by atoms with van der Waals surface area (Å²) in [6, 6.07) is 5.90. The zero-order chi connectivity index (χ0) is 11.7. The second-order valence-electron chi connectivity index (χ2n) is 2.51. The van der Waals surface area contributed by atoms with E-state index in [1.165, 1.54) is 0 Å². The maximum absolute atomic E-state index is 8.74. The normalized spacial score (nSPS) is 10.3. The van der Waals surface area contributed by atoms with Crippen LogP contribution in [0, 0.1) is 0 Å². The van der Waals surface area contributed by atoms with Gasteiger partial charge in [0.1, 0.15) is 0 Å². The second-order valence-corrected chi connectivity index (χ2v) is 3.41. The molecule has 0 spiro atoms. The van der Waals surface area contributed by atoms with Crippen molar-refractivity contribution in [2.75, 3.05) is 13.7 Å². The molecule has 1 heterocycles. The van der Waals surface area contributed by atoms with Crippen LogP contribution in [-0.4, -0.2) is 36.2 Å². The van der Waals surface area contributed by atoms with Crippen LogP contribution >= 0.6 is 0 Å². The summed E-state index contributed by atoms with van der Waals surface area (Å²) in [5.74, 6) is 0. The van der Waals surface area contributed by atoms with Crippen molar-refractivity contribution in [3.63, 3.8) is 0 Å². The Kier molecular flexibility index (Phi) is 6.80. The highest BCUT2D eigenvalue weighted by Gasteiger charge is 1.89. The number of pyridine rings is 1. The van der Waals surface area contributed by atoms with Gasteiger partial charge in [-0.05, 0) is 12.1 Å². The van der Waals surface area contributed by atoms with E-state index in [0.717, 1.165) is 18.7 Å². The maximum Gasteiger partial charge on any atom is 0.394 e. The average molecular weight is 235 g/mol. The van der Waals surface area contributed by atoms with Gasteiger partial charge in [-0.2, -0.15) is 8.42 Å². The molecule has 0 aliphatic heterocycles. The van der Waals surface area contributed by atoms with Gasteiger partial charge in [0.25, 0.3) is 0 Å². The Labute approximate surface area is 88.5 Å². The van der Waals surface area contributed by atoms with E-state index < -0.39 is 10.4 Å². The van der Waals surface area contributed by atoms with Gasteiger partial charge >= 0.3 is 10.4 Å². The first-order chi connectivity index (χ1) is 6.93. The first kappa shape index (κ1) is 14.0. The molecule has 86 valence electrons. The van der Waals surface area contributed by atoms with Crippen molar-refractivity contribution in [2.24, 2.45) is 0 Å². The van der Waals surface area contributed by atoms with E-state index >= 15 is 0 Å². The van der Waals surface area contributed by atoms with Crippen molar-refractivity contribution in [3.8, 4) is 0 Å². The molecule has 0 aromatic carbocycles. The molecule has 2 N–H and O–H groups in total. The van der Waals surface area contributed by atoms with Gasteiger partial charge in [-0.1, -0.05) is 6.07 Å². The summed E-state index contributed by atoms with van der Waals surface area (Å²) in [6.07, 6.45) is 2.70. The molecule has 0 unspecified atom stereocenters. The van der Waals surface area contributed by atoms with Crippen LogP contribution in [0.1, 0.15) is 5.69 Å². The van der Waals surface area contributed by atoms with Gasteiger partial charge in [0.15, 0.2) is 0 Å². The van der Waals surface area contributed by atoms with Crippen LogP contribution in [0.5, 0.6) is 0 Å². The van der Waals surface area contributed by atoms with Gasteiger partial charge in [0.2, 0.25) is 0 Å². The lowest BCUT2D eigenvalue weighted by Gasteiger charge is -1.96. The van der Waals surface area contributed by atoms with E-state index in [1.807, 2.05) is 18.2 Å². The summed E-state index contributed by atoms with van der Waals surface area (Å²) < 4.78 is 36.5. The molecule has 0 fully saturated rings. The van der Waals surface area contributed by atoms with E-state index in [4.69, 9.17) is 22.3 Å². The molecule has 1 aromatic rings. The molecule has 7 heteroatoms. The van der Waals surface area contributed by atoms with Crippen LogP contribution in [0.4, 0.5) is 0 Å². The molecule has 0 radical (unpaired) electrons. The van der Waals surface area contributed by atoms with Crippen molar-refractivity contribution < 1.29 is 22.3 Å². The smallest absolute Gasteiger partial charge is 0.384 e. The van der Waals surface area contributed by atoms with E-state index in [9.17, 15) is 0 Å². The zero-order valence-corrected chi connectivity index (χ0v) is 9.01. The van der Waals surface area contributed by atoms with Crippen molar-refractivity contribution in [2.45, 2.75) is 6.42 Å². The number of nitrogens with zero attached hydrogens (tertiary/aromatic N) is 1.